The van der Waals surface area contributed by atoms with Crippen LogP contribution in [0.3, 0.4) is 0 Å². The quantitative estimate of drug-likeness (QED) is 0.686. The molecule has 0 saturated heterocycles. The van der Waals surface area contributed by atoms with Crippen LogP contribution in [0.15, 0.2) is 47.2 Å². The molecular weight excluding hydrogens is 272 g/mol. The molecule has 5 rings (SSSR count). The number of nitrogens with one attached hydrogen (secondary N) is 1. The van der Waals surface area contributed by atoms with Gasteiger partial charge in [0.2, 0.25) is 0 Å². The van der Waals surface area contributed by atoms with Gasteiger partial charge in [-0.3, -0.25) is 5.43 Å². The van der Waals surface area contributed by atoms with Crippen LogP contribution >= 0.6 is 0 Å². The minimum atomic E-state index is 0.426. The molecule has 0 aliphatic heterocycles. The number of anilines is 1. The number of allylic oxidation sites excluding steroid dienone is 2. The van der Waals surface area contributed by atoms with E-state index in [4.69, 9.17) is 0 Å². The fourth-order valence-electron chi connectivity index (χ4n) is 3.82. The van der Waals surface area contributed by atoms with Crippen LogP contribution in [0.4, 0.5) is 5.82 Å². The fraction of sp³-hybridized carbons (Fsp3) is 0.389. The Labute approximate surface area is 130 Å². The number of hydrazone groups is 1. The first-order valence-electron chi connectivity index (χ1n) is 7.86. The first-order valence-corrected chi connectivity index (χ1v) is 7.86. The highest BCUT2D eigenvalue weighted by molar-refractivity contribution is 5.91. The zero-order valence-corrected chi connectivity index (χ0v) is 13.0. The molecule has 3 aliphatic rings. The van der Waals surface area contributed by atoms with Crippen LogP contribution in [0.25, 0.3) is 10.8 Å². The van der Waals surface area contributed by atoms with Crippen molar-refractivity contribution >= 4 is 22.8 Å². The van der Waals surface area contributed by atoms with Crippen LogP contribution in [-0.2, 0) is 0 Å². The molecule has 0 radical (unpaired) electrons. The van der Waals surface area contributed by atoms with E-state index in [0.717, 1.165) is 16.7 Å². The molecule has 2 aromatic rings. The second-order valence-electron chi connectivity index (χ2n) is 6.90. The van der Waals surface area contributed by atoms with Crippen molar-refractivity contribution in [3.8, 4) is 0 Å². The Hall–Kier alpha value is -2.23. The molecule has 3 aliphatic carbocycles. The van der Waals surface area contributed by atoms with Crippen molar-refractivity contribution in [2.75, 3.05) is 5.43 Å². The van der Waals surface area contributed by atoms with E-state index in [1.54, 1.807) is 6.20 Å². The lowest BCUT2D eigenvalue weighted by molar-refractivity contribution is -0.00124. The monoisotopic (exact) mass is 292 g/mol. The smallest absolute Gasteiger partial charge is 0.176 e. The molecule has 4 nitrogen and oxygen atoms in total. The Bertz CT molecular complexity index is 770. The van der Waals surface area contributed by atoms with Gasteiger partial charge in [0.05, 0.1) is 12.4 Å². The molecule has 1 saturated carbocycles. The van der Waals surface area contributed by atoms with Crippen molar-refractivity contribution in [2.45, 2.75) is 26.7 Å². The molecule has 0 spiro atoms. The van der Waals surface area contributed by atoms with Gasteiger partial charge in [0, 0.05) is 10.8 Å². The number of hydrogen-bond donors (Lipinski definition) is 1. The van der Waals surface area contributed by atoms with Crippen LogP contribution in [0.5, 0.6) is 0 Å². The highest BCUT2D eigenvalue weighted by Crippen LogP contribution is 2.58. The lowest BCUT2D eigenvalue weighted by atomic mass is 9.49. The lowest BCUT2D eigenvalue weighted by Gasteiger charge is -2.55. The Morgan fingerprint density at radius 2 is 2.18 bits per heavy atom. The van der Waals surface area contributed by atoms with Gasteiger partial charge in [0.25, 0.3) is 0 Å². The largest absolute Gasteiger partial charge is 0.259 e. The van der Waals surface area contributed by atoms with Crippen LogP contribution in [0.1, 0.15) is 26.7 Å². The molecule has 1 heterocycles. The number of fused-ring (bicyclic) bond motifs is 2. The molecule has 1 N–H and O–H groups in total. The highest BCUT2D eigenvalue weighted by atomic mass is 15.3. The maximum Gasteiger partial charge on any atom is 0.176 e. The first kappa shape index (κ1) is 13.4. The average Bonchev–Trinajstić information content (AvgIpc) is 2.55. The molecule has 2 unspecified atom stereocenters. The van der Waals surface area contributed by atoms with Gasteiger partial charge in [-0.1, -0.05) is 44.2 Å². The molecule has 4 heteroatoms. The van der Waals surface area contributed by atoms with Crippen LogP contribution < -0.4 is 5.43 Å². The molecule has 0 amide bonds. The fourth-order valence-corrected chi connectivity index (χ4v) is 3.82. The van der Waals surface area contributed by atoms with Gasteiger partial charge in [0.1, 0.15) is 0 Å². The molecule has 1 aromatic heterocycles. The van der Waals surface area contributed by atoms with Crippen molar-refractivity contribution in [3.63, 3.8) is 0 Å². The lowest BCUT2D eigenvalue weighted by Crippen LogP contribution is -2.48. The van der Waals surface area contributed by atoms with Gasteiger partial charge in [0.15, 0.2) is 5.82 Å². The molecular formula is C18H20N4. The molecule has 22 heavy (non-hydrogen) atoms. The third kappa shape index (κ3) is 2.02. The van der Waals surface area contributed by atoms with Gasteiger partial charge in [-0.25, -0.2) is 0 Å². The van der Waals surface area contributed by atoms with Crippen molar-refractivity contribution in [1.82, 2.24) is 10.2 Å². The van der Waals surface area contributed by atoms with Gasteiger partial charge >= 0.3 is 0 Å². The maximum atomic E-state index is 4.41. The summed E-state index contributed by atoms with van der Waals surface area (Å²) in [4.78, 5) is 0. The summed E-state index contributed by atoms with van der Waals surface area (Å²) in [5.74, 6) is 2.21. The van der Waals surface area contributed by atoms with E-state index in [0.29, 0.717) is 17.2 Å². The van der Waals surface area contributed by atoms with E-state index in [9.17, 15) is 0 Å². The first-order chi connectivity index (χ1) is 10.7. The third-order valence-electron chi connectivity index (χ3n) is 5.47. The zero-order chi connectivity index (χ0) is 15.2. The van der Waals surface area contributed by atoms with Gasteiger partial charge in [-0.05, 0) is 35.7 Å². The predicted molar refractivity (Wildman–Crippen MR) is 89.7 cm³/mol. The number of hydrogen-bond acceptors (Lipinski definition) is 4. The standard InChI is InChI=1S/C18H20N4/c1-18(2)14-8-7-13(16(18)9-14)11-20-22-17-15-6-4-3-5-12(15)10-19-21-17/h3-7,10-11,14,16H,8-9H2,1-2H3,(H,21,22)/b20-11+. The van der Waals surface area contributed by atoms with E-state index >= 15 is 0 Å². The minimum Gasteiger partial charge on any atom is -0.259 e. The summed E-state index contributed by atoms with van der Waals surface area (Å²) in [5.41, 5.74) is 4.84. The van der Waals surface area contributed by atoms with E-state index in [2.05, 4.69) is 40.6 Å². The van der Waals surface area contributed by atoms with Gasteiger partial charge in [-0.15, -0.1) is 5.10 Å². The molecule has 112 valence electrons. The third-order valence-corrected chi connectivity index (χ3v) is 5.47. The maximum absolute atomic E-state index is 4.41. The van der Waals surface area contributed by atoms with E-state index < -0.39 is 0 Å². The van der Waals surface area contributed by atoms with E-state index in [1.165, 1.54) is 18.4 Å². The average molecular weight is 292 g/mol. The summed E-state index contributed by atoms with van der Waals surface area (Å²) in [7, 11) is 0. The van der Waals surface area contributed by atoms with Crippen molar-refractivity contribution in [2.24, 2.45) is 22.4 Å². The zero-order valence-electron chi connectivity index (χ0n) is 13.0. The Morgan fingerprint density at radius 1 is 1.32 bits per heavy atom. The predicted octanol–water partition coefficient (Wildman–Crippen LogP) is 4.02. The number of nitrogens with zero attached hydrogens (tertiary/aromatic N) is 3. The topological polar surface area (TPSA) is 50.2 Å². The summed E-state index contributed by atoms with van der Waals surface area (Å²) in [5, 5.41) is 14.7. The van der Waals surface area contributed by atoms with Crippen molar-refractivity contribution in [1.29, 1.82) is 0 Å². The SMILES string of the molecule is CC1(C)C2CC=C(/C=N/Nc3nncc4ccccc34)C1C2. The van der Waals surface area contributed by atoms with Crippen molar-refractivity contribution < 1.29 is 0 Å². The summed E-state index contributed by atoms with van der Waals surface area (Å²) < 4.78 is 0. The number of benzene rings is 1. The normalized spacial score (nSPS) is 25.8. The molecule has 2 atom stereocenters. The van der Waals surface area contributed by atoms with Crippen LogP contribution in [0.2, 0.25) is 0 Å². The van der Waals surface area contributed by atoms with Crippen LogP contribution in [-0.4, -0.2) is 16.4 Å². The highest BCUT2D eigenvalue weighted by Gasteiger charge is 2.50. The Kier molecular flexibility index (Phi) is 2.99. The summed E-state index contributed by atoms with van der Waals surface area (Å²) in [6.45, 7) is 4.74. The van der Waals surface area contributed by atoms with Crippen molar-refractivity contribution in [3.05, 3.63) is 42.1 Å². The molecule has 2 bridgehead atoms. The Balaban J connectivity index is 1.54. The van der Waals surface area contributed by atoms with Crippen LogP contribution in [0, 0.1) is 17.3 Å². The second-order valence-corrected chi connectivity index (χ2v) is 6.90. The summed E-state index contributed by atoms with van der Waals surface area (Å²) in [6, 6.07) is 8.06. The molecule has 1 aromatic carbocycles. The van der Waals surface area contributed by atoms with E-state index in [-0.39, 0.29) is 0 Å². The Morgan fingerprint density at radius 3 is 3.00 bits per heavy atom. The summed E-state index contributed by atoms with van der Waals surface area (Å²) in [6.07, 6.45) is 8.55. The number of aromatic nitrogens is 2. The minimum absolute atomic E-state index is 0.426. The molecule has 1 fully saturated rings. The second kappa shape index (κ2) is 4.90. The summed E-state index contributed by atoms with van der Waals surface area (Å²) >= 11 is 0. The van der Waals surface area contributed by atoms with Gasteiger partial charge in [-0.2, -0.15) is 10.2 Å². The van der Waals surface area contributed by atoms with Gasteiger partial charge < -0.3 is 0 Å². The van der Waals surface area contributed by atoms with E-state index in [1.807, 2.05) is 30.5 Å². The number of rotatable bonds is 3.